The van der Waals surface area contributed by atoms with Crippen LogP contribution in [0.5, 0.6) is 0 Å². The zero-order valence-electron chi connectivity index (χ0n) is 16.1. The highest BCUT2D eigenvalue weighted by Crippen LogP contribution is 2.36. The number of hydrogen-bond acceptors (Lipinski definition) is 4. The number of benzene rings is 1. The number of aromatic nitrogens is 3. The van der Waals surface area contributed by atoms with Gasteiger partial charge < -0.3 is 10.7 Å². The van der Waals surface area contributed by atoms with Crippen LogP contribution in [0, 0.1) is 0 Å². The normalized spacial score (nSPS) is 24.6. The highest BCUT2D eigenvalue weighted by molar-refractivity contribution is 5.74. The number of para-hydroxylation sites is 2. The minimum atomic E-state index is 0.182. The van der Waals surface area contributed by atoms with Crippen LogP contribution in [0.15, 0.2) is 54.7 Å². The average molecular weight is 374 g/mol. The first kappa shape index (κ1) is 17.6. The molecule has 144 valence electrons. The van der Waals surface area contributed by atoms with Crippen molar-refractivity contribution < 1.29 is 0 Å². The van der Waals surface area contributed by atoms with E-state index in [2.05, 4.69) is 52.4 Å². The number of hydrogen-bond donors (Lipinski definition) is 2. The summed E-state index contributed by atoms with van der Waals surface area (Å²) in [7, 11) is 0. The van der Waals surface area contributed by atoms with E-state index >= 15 is 0 Å². The molecule has 3 aromatic rings. The van der Waals surface area contributed by atoms with E-state index in [1.807, 2.05) is 12.3 Å². The molecule has 0 radical (unpaired) electrons. The van der Waals surface area contributed by atoms with Gasteiger partial charge in [0.2, 0.25) is 0 Å². The van der Waals surface area contributed by atoms with Crippen LogP contribution in [-0.4, -0.2) is 31.9 Å². The molecule has 0 bridgehead atoms. The van der Waals surface area contributed by atoms with Gasteiger partial charge in [0.15, 0.2) is 0 Å². The van der Waals surface area contributed by atoms with E-state index in [4.69, 9.17) is 15.7 Å². The number of H-pyrrole nitrogens is 1. The smallest absolute Gasteiger partial charge is 0.121 e. The number of rotatable bonds is 4. The zero-order valence-corrected chi connectivity index (χ0v) is 16.1. The standard InChI is InChI=1S/C23H27N5/c24-17-10-12-18(13-11-17)28(15-22-26-19-7-1-2-8-20(19)27-22)21-9-3-5-16-6-4-14-25-23(16)21/h1-2,4,6-8,10,12,14,17-18,21H,3,5,9,11,13,15,24H2,(H,26,27)/t17?,18?,21-/m1/s1. The molecule has 2 unspecified atom stereocenters. The lowest BCUT2D eigenvalue weighted by molar-refractivity contribution is 0.118. The van der Waals surface area contributed by atoms with Gasteiger partial charge in [-0.25, -0.2) is 4.98 Å². The van der Waals surface area contributed by atoms with E-state index in [-0.39, 0.29) is 6.04 Å². The summed E-state index contributed by atoms with van der Waals surface area (Å²) in [6.07, 6.45) is 12.0. The zero-order chi connectivity index (χ0) is 18.9. The maximum absolute atomic E-state index is 6.12. The molecule has 2 heterocycles. The van der Waals surface area contributed by atoms with Crippen LogP contribution in [-0.2, 0) is 13.0 Å². The Kier molecular flexibility index (Phi) is 4.71. The third-order valence-electron chi connectivity index (χ3n) is 6.14. The first-order valence-electron chi connectivity index (χ1n) is 10.3. The molecule has 1 aromatic carbocycles. The molecule has 5 heteroatoms. The summed E-state index contributed by atoms with van der Waals surface area (Å²) in [5.74, 6) is 1.02. The lowest BCUT2D eigenvalue weighted by Gasteiger charge is -2.40. The minimum absolute atomic E-state index is 0.182. The third kappa shape index (κ3) is 3.36. The van der Waals surface area contributed by atoms with Crippen molar-refractivity contribution in [2.75, 3.05) is 0 Å². The molecule has 2 aliphatic rings. The molecule has 2 aliphatic carbocycles. The Morgan fingerprint density at radius 2 is 2.00 bits per heavy atom. The second-order valence-electron chi connectivity index (χ2n) is 8.02. The maximum atomic E-state index is 6.12. The van der Waals surface area contributed by atoms with Gasteiger partial charge in [-0.05, 0) is 55.9 Å². The first-order valence-corrected chi connectivity index (χ1v) is 10.3. The van der Waals surface area contributed by atoms with Crippen LogP contribution in [0.2, 0.25) is 0 Å². The van der Waals surface area contributed by atoms with Gasteiger partial charge in [0, 0.05) is 18.3 Å². The summed E-state index contributed by atoms with van der Waals surface area (Å²) in [6, 6.07) is 13.4. The molecule has 0 amide bonds. The van der Waals surface area contributed by atoms with Crippen LogP contribution >= 0.6 is 0 Å². The second kappa shape index (κ2) is 7.49. The highest BCUT2D eigenvalue weighted by atomic mass is 15.2. The Bertz CT molecular complexity index is 958. The Morgan fingerprint density at radius 3 is 2.86 bits per heavy atom. The Hall–Kier alpha value is -2.50. The molecule has 0 saturated carbocycles. The van der Waals surface area contributed by atoms with Crippen LogP contribution in [0.1, 0.15) is 48.8 Å². The minimum Gasteiger partial charge on any atom is -0.341 e. The van der Waals surface area contributed by atoms with Crippen molar-refractivity contribution in [1.82, 2.24) is 19.9 Å². The van der Waals surface area contributed by atoms with Crippen molar-refractivity contribution in [1.29, 1.82) is 0 Å². The Morgan fingerprint density at radius 1 is 1.07 bits per heavy atom. The van der Waals surface area contributed by atoms with Crippen molar-refractivity contribution in [2.45, 2.75) is 56.8 Å². The van der Waals surface area contributed by atoms with Gasteiger partial charge in [-0.3, -0.25) is 9.88 Å². The van der Waals surface area contributed by atoms with Gasteiger partial charge >= 0.3 is 0 Å². The van der Waals surface area contributed by atoms with Crippen molar-refractivity contribution in [3.63, 3.8) is 0 Å². The molecule has 0 spiro atoms. The molecule has 3 atom stereocenters. The number of aromatic amines is 1. The molecule has 28 heavy (non-hydrogen) atoms. The fourth-order valence-electron chi connectivity index (χ4n) is 4.72. The topological polar surface area (TPSA) is 70.8 Å². The largest absolute Gasteiger partial charge is 0.341 e. The van der Waals surface area contributed by atoms with Crippen molar-refractivity contribution >= 4 is 11.0 Å². The number of aryl methyl sites for hydroxylation is 1. The number of fused-ring (bicyclic) bond motifs is 2. The van der Waals surface area contributed by atoms with E-state index in [1.165, 1.54) is 17.7 Å². The summed E-state index contributed by atoms with van der Waals surface area (Å²) in [5.41, 5.74) is 10.9. The summed E-state index contributed by atoms with van der Waals surface area (Å²) in [5, 5.41) is 0. The molecule has 2 aromatic heterocycles. The summed E-state index contributed by atoms with van der Waals surface area (Å²) in [4.78, 5) is 15.7. The van der Waals surface area contributed by atoms with Crippen molar-refractivity contribution in [2.24, 2.45) is 5.73 Å². The van der Waals surface area contributed by atoms with Crippen LogP contribution in [0.4, 0.5) is 0 Å². The van der Waals surface area contributed by atoms with Gasteiger partial charge in [-0.2, -0.15) is 0 Å². The van der Waals surface area contributed by atoms with Crippen LogP contribution < -0.4 is 5.73 Å². The summed E-state index contributed by atoms with van der Waals surface area (Å²) in [6.45, 7) is 0.791. The van der Waals surface area contributed by atoms with E-state index in [1.54, 1.807) is 0 Å². The number of nitrogens with zero attached hydrogens (tertiary/aromatic N) is 3. The van der Waals surface area contributed by atoms with Gasteiger partial charge in [-0.1, -0.05) is 30.4 Å². The van der Waals surface area contributed by atoms with Gasteiger partial charge in [-0.15, -0.1) is 0 Å². The van der Waals surface area contributed by atoms with Crippen LogP contribution in [0.25, 0.3) is 11.0 Å². The number of nitrogens with one attached hydrogen (secondary N) is 1. The van der Waals surface area contributed by atoms with Crippen LogP contribution in [0.3, 0.4) is 0 Å². The van der Waals surface area contributed by atoms with Gasteiger partial charge in [0.25, 0.3) is 0 Å². The van der Waals surface area contributed by atoms with E-state index in [0.29, 0.717) is 12.1 Å². The second-order valence-corrected chi connectivity index (χ2v) is 8.02. The van der Waals surface area contributed by atoms with E-state index in [9.17, 15) is 0 Å². The Labute approximate surface area is 165 Å². The third-order valence-corrected chi connectivity index (χ3v) is 6.14. The van der Waals surface area contributed by atoms with E-state index < -0.39 is 0 Å². The monoisotopic (exact) mass is 373 g/mol. The predicted octanol–water partition coefficient (Wildman–Crippen LogP) is 3.88. The molecule has 3 N–H and O–H groups in total. The molecule has 5 nitrogen and oxygen atoms in total. The fourth-order valence-corrected chi connectivity index (χ4v) is 4.72. The molecule has 0 saturated heterocycles. The lowest BCUT2D eigenvalue weighted by atomic mass is 9.88. The van der Waals surface area contributed by atoms with Crippen molar-refractivity contribution in [3.05, 3.63) is 71.8 Å². The van der Waals surface area contributed by atoms with Gasteiger partial charge in [0.1, 0.15) is 5.82 Å². The highest BCUT2D eigenvalue weighted by Gasteiger charge is 2.32. The SMILES string of the molecule is NC1C=CC(N(Cc2nc3ccccc3[nH]2)[C@@H]2CCCc3cccnc32)CC1. The quantitative estimate of drug-likeness (QED) is 0.681. The fraction of sp³-hybridized carbons (Fsp3) is 0.391. The summed E-state index contributed by atoms with van der Waals surface area (Å²) < 4.78 is 0. The molecular formula is C23H27N5. The van der Waals surface area contributed by atoms with Crippen molar-refractivity contribution in [3.8, 4) is 0 Å². The number of nitrogens with two attached hydrogens (primary N) is 1. The molecule has 0 fully saturated rings. The molecular weight excluding hydrogens is 346 g/mol. The molecule has 5 rings (SSSR count). The van der Waals surface area contributed by atoms with E-state index in [0.717, 1.165) is 49.1 Å². The number of pyridine rings is 1. The maximum Gasteiger partial charge on any atom is 0.121 e. The first-order chi connectivity index (χ1) is 13.8. The van der Waals surface area contributed by atoms with Gasteiger partial charge in [0.05, 0.1) is 29.3 Å². The lowest BCUT2D eigenvalue weighted by Crippen LogP contribution is -2.41. The number of imidazole rings is 1. The predicted molar refractivity (Wildman–Crippen MR) is 112 cm³/mol. The average Bonchev–Trinajstić information content (AvgIpc) is 3.15. The summed E-state index contributed by atoms with van der Waals surface area (Å²) >= 11 is 0. The Balaban J connectivity index is 1.51. The molecule has 0 aliphatic heterocycles.